The lowest BCUT2D eigenvalue weighted by Gasteiger charge is -2.36. The van der Waals surface area contributed by atoms with E-state index in [1.54, 1.807) is 0 Å². The predicted octanol–water partition coefficient (Wildman–Crippen LogP) is 2.25. The summed E-state index contributed by atoms with van der Waals surface area (Å²) in [6.45, 7) is 14.3. The summed E-state index contributed by atoms with van der Waals surface area (Å²) in [5.41, 5.74) is -0.145. The second-order valence-electron chi connectivity index (χ2n) is 5.28. The number of hydrogen-bond donors (Lipinski definition) is 2. The van der Waals surface area contributed by atoms with Gasteiger partial charge in [0.05, 0.1) is 6.61 Å². The number of rotatable bonds is 10. The van der Waals surface area contributed by atoms with E-state index in [4.69, 9.17) is 0 Å². The van der Waals surface area contributed by atoms with Crippen LogP contribution < -0.4 is 5.32 Å². The molecule has 0 amide bonds. The molecule has 0 rings (SSSR count). The van der Waals surface area contributed by atoms with Gasteiger partial charge in [0.15, 0.2) is 0 Å². The van der Waals surface area contributed by atoms with Crippen LogP contribution in [0.2, 0.25) is 0 Å². The van der Waals surface area contributed by atoms with Crippen LogP contribution in [0.1, 0.15) is 53.9 Å². The van der Waals surface area contributed by atoms with Crippen LogP contribution in [0.15, 0.2) is 0 Å². The predicted molar refractivity (Wildman–Crippen MR) is 75.4 cm³/mol. The van der Waals surface area contributed by atoms with E-state index in [-0.39, 0.29) is 12.1 Å². The van der Waals surface area contributed by atoms with Gasteiger partial charge in [-0.25, -0.2) is 0 Å². The molecule has 0 aromatic rings. The monoisotopic (exact) mass is 244 g/mol. The minimum Gasteiger partial charge on any atom is -0.394 e. The molecule has 0 aliphatic heterocycles. The first-order chi connectivity index (χ1) is 8.02. The summed E-state index contributed by atoms with van der Waals surface area (Å²) in [5, 5.41) is 12.9. The number of hydrogen-bond acceptors (Lipinski definition) is 3. The van der Waals surface area contributed by atoms with E-state index in [0.29, 0.717) is 6.04 Å². The van der Waals surface area contributed by atoms with Gasteiger partial charge in [-0.05, 0) is 46.3 Å². The van der Waals surface area contributed by atoms with E-state index in [2.05, 4.69) is 44.8 Å². The lowest BCUT2D eigenvalue weighted by Crippen LogP contribution is -2.50. The van der Waals surface area contributed by atoms with Gasteiger partial charge in [0.25, 0.3) is 0 Å². The molecule has 0 saturated carbocycles. The molecule has 0 heterocycles. The van der Waals surface area contributed by atoms with Crippen molar-refractivity contribution in [3.8, 4) is 0 Å². The van der Waals surface area contributed by atoms with Crippen molar-refractivity contribution in [2.45, 2.75) is 65.5 Å². The summed E-state index contributed by atoms with van der Waals surface area (Å²) < 4.78 is 0. The van der Waals surface area contributed by atoms with E-state index in [1.807, 2.05) is 0 Å². The van der Waals surface area contributed by atoms with Crippen LogP contribution in [-0.4, -0.2) is 47.8 Å². The topological polar surface area (TPSA) is 35.5 Å². The van der Waals surface area contributed by atoms with E-state index in [9.17, 15) is 5.11 Å². The molecule has 0 fully saturated rings. The lowest BCUT2D eigenvalue weighted by atomic mass is 9.93. The van der Waals surface area contributed by atoms with Crippen LogP contribution in [0, 0.1) is 0 Å². The highest BCUT2D eigenvalue weighted by Gasteiger charge is 2.26. The Morgan fingerprint density at radius 3 is 2.35 bits per heavy atom. The summed E-state index contributed by atoms with van der Waals surface area (Å²) >= 11 is 0. The highest BCUT2D eigenvalue weighted by molar-refractivity contribution is 4.86. The third-order valence-corrected chi connectivity index (χ3v) is 3.53. The Morgan fingerprint density at radius 1 is 1.29 bits per heavy atom. The number of nitrogens with one attached hydrogen (secondary N) is 1. The van der Waals surface area contributed by atoms with Gasteiger partial charge < -0.3 is 15.3 Å². The molecule has 104 valence electrons. The second-order valence-corrected chi connectivity index (χ2v) is 5.28. The van der Waals surface area contributed by atoms with Gasteiger partial charge in [0.1, 0.15) is 0 Å². The smallest absolute Gasteiger partial charge is 0.0611 e. The minimum absolute atomic E-state index is 0.145. The molecule has 17 heavy (non-hydrogen) atoms. The Labute approximate surface area is 108 Å². The first kappa shape index (κ1) is 16.9. The van der Waals surface area contributed by atoms with Gasteiger partial charge in [0.2, 0.25) is 0 Å². The van der Waals surface area contributed by atoms with E-state index in [0.717, 1.165) is 19.5 Å². The van der Waals surface area contributed by atoms with Crippen LogP contribution >= 0.6 is 0 Å². The van der Waals surface area contributed by atoms with Crippen molar-refractivity contribution in [3.05, 3.63) is 0 Å². The molecule has 0 aliphatic rings. The molecule has 0 bridgehead atoms. The Bertz CT molecular complexity index is 187. The summed E-state index contributed by atoms with van der Waals surface area (Å²) in [7, 11) is 0. The molecule has 0 aliphatic carbocycles. The average Bonchev–Trinajstić information content (AvgIpc) is 2.30. The normalized spacial score (nSPS) is 17.1. The van der Waals surface area contributed by atoms with Crippen LogP contribution in [0.4, 0.5) is 0 Å². The molecule has 2 atom stereocenters. The highest BCUT2D eigenvalue weighted by atomic mass is 16.3. The maximum Gasteiger partial charge on any atom is 0.0611 e. The summed E-state index contributed by atoms with van der Waals surface area (Å²) in [5.74, 6) is 0. The fourth-order valence-electron chi connectivity index (χ4n) is 2.45. The summed E-state index contributed by atoms with van der Waals surface area (Å²) in [6, 6.07) is 0.516. The van der Waals surface area contributed by atoms with Crippen LogP contribution in [-0.2, 0) is 0 Å². The van der Waals surface area contributed by atoms with Gasteiger partial charge >= 0.3 is 0 Å². The SMILES string of the molecule is CCCCN(CC)C(C)CC(C)(CO)NCC. The third kappa shape index (κ3) is 6.39. The Kier molecular flexibility index (Phi) is 8.83. The number of likely N-dealkylation sites (N-methyl/N-ethyl adjacent to an activating group) is 1. The van der Waals surface area contributed by atoms with Crippen molar-refractivity contribution in [2.75, 3.05) is 26.2 Å². The molecule has 0 aromatic heterocycles. The fraction of sp³-hybridized carbons (Fsp3) is 1.00. The molecular weight excluding hydrogens is 212 g/mol. The van der Waals surface area contributed by atoms with Gasteiger partial charge in [-0.1, -0.05) is 27.2 Å². The zero-order chi connectivity index (χ0) is 13.3. The summed E-state index contributed by atoms with van der Waals surface area (Å²) in [6.07, 6.45) is 3.50. The maximum atomic E-state index is 9.51. The number of aliphatic hydroxyl groups is 1. The standard InChI is InChI=1S/C14H32N2O/c1-6-9-10-16(8-3)13(4)11-14(5,12-17)15-7-2/h13,15,17H,6-12H2,1-5H3. The van der Waals surface area contributed by atoms with Crippen molar-refractivity contribution >= 4 is 0 Å². The Balaban J connectivity index is 4.30. The summed E-state index contributed by atoms with van der Waals surface area (Å²) in [4.78, 5) is 2.51. The maximum absolute atomic E-state index is 9.51. The average molecular weight is 244 g/mol. The van der Waals surface area contributed by atoms with Crippen LogP contribution in [0.3, 0.4) is 0 Å². The molecule has 0 aromatic carbocycles. The molecule has 0 saturated heterocycles. The Morgan fingerprint density at radius 2 is 1.94 bits per heavy atom. The molecule has 0 spiro atoms. The van der Waals surface area contributed by atoms with E-state index < -0.39 is 0 Å². The second kappa shape index (κ2) is 8.90. The zero-order valence-electron chi connectivity index (χ0n) is 12.4. The minimum atomic E-state index is -0.145. The number of aliphatic hydroxyl groups excluding tert-OH is 1. The Hall–Kier alpha value is -0.120. The number of nitrogens with zero attached hydrogens (tertiary/aromatic N) is 1. The van der Waals surface area contributed by atoms with Crippen LogP contribution in [0.5, 0.6) is 0 Å². The van der Waals surface area contributed by atoms with Crippen molar-refractivity contribution in [2.24, 2.45) is 0 Å². The highest BCUT2D eigenvalue weighted by Crippen LogP contribution is 2.16. The van der Waals surface area contributed by atoms with E-state index >= 15 is 0 Å². The first-order valence-electron chi connectivity index (χ1n) is 7.12. The molecule has 3 nitrogen and oxygen atoms in total. The van der Waals surface area contributed by atoms with Crippen LogP contribution in [0.25, 0.3) is 0 Å². The van der Waals surface area contributed by atoms with Crippen molar-refractivity contribution < 1.29 is 5.11 Å². The molecule has 3 heteroatoms. The van der Waals surface area contributed by atoms with Gasteiger partial charge in [-0.3, -0.25) is 0 Å². The van der Waals surface area contributed by atoms with Crippen molar-refractivity contribution in [1.82, 2.24) is 10.2 Å². The molecule has 2 unspecified atom stereocenters. The largest absolute Gasteiger partial charge is 0.394 e. The number of unbranched alkanes of at least 4 members (excludes halogenated alkanes) is 1. The molecule has 2 N–H and O–H groups in total. The van der Waals surface area contributed by atoms with Gasteiger partial charge in [-0.15, -0.1) is 0 Å². The van der Waals surface area contributed by atoms with E-state index in [1.165, 1.54) is 19.4 Å². The van der Waals surface area contributed by atoms with Gasteiger partial charge in [0, 0.05) is 11.6 Å². The lowest BCUT2D eigenvalue weighted by molar-refractivity contribution is 0.117. The fourth-order valence-corrected chi connectivity index (χ4v) is 2.45. The van der Waals surface area contributed by atoms with Crippen molar-refractivity contribution in [1.29, 1.82) is 0 Å². The quantitative estimate of drug-likeness (QED) is 0.619. The van der Waals surface area contributed by atoms with Crippen molar-refractivity contribution in [3.63, 3.8) is 0 Å². The first-order valence-corrected chi connectivity index (χ1v) is 7.12. The third-order valence-electron chi connectivity index (χ3n) is 3.53. The van der Waals surface area contributed by atoms with Gasteiger partial charge in [-0.2, -0.15) is 0 Å². The molecule has 0 radical (unpaired) electrons. The molecular formula is C14H32N2O. The zero-order valence-corrected chi connectivity index (χ0v) is 12.4.